The number of oxazole rings is 1. The third-order valence-electron chi connectivity index (χ3n) is 3.56. The van der Waals surface area contributed by atoms with Gasteiger partial charge >= 0.3 is 0 Å². The van der Waals surface area contributed by atoms with E-state index in [0.717, 1.165) is 48.2 Å². The molecule has 2 aromatic rings. The number of hydrogen-bond donors (Lipinski definition) is 1. The molecule has 1 aromatic heterocycles. The minimum Gasteiger partial charge on any atom is -0.439 e. The Morgan fingerprint density at radius 1 is 1.50 bits per heavy atom. The van der Waals surface area contributed by atoms with Crippen molar-refractivity contribution in [3.8, 4) is 0 Å². The fraction of sp³-hybridized carbons (Fsp3) is 0.500. The molecule has 1 unspecified atom stereocenters. The number of anilines is 1. The van der Waals surface area contributed by atoms with Crippen LogP contribution in [0, 0.1) is 5.92 Å². The van der Waals surface area contributed by atoms with Gasteiger partial charge in [-0.2, -0.15) is 0 Å². The quantitative estimate of drug-likeness (QED) is 0.826. The van der Waals surface area contributed by atoms with Crippen LogP contribution in [0.3, 0.4) is 0 Å². The summed E-state index contributed by atoms with van der Waals surface area (Å²) >= 11 is 0. The lowest BCUT2D eigenvalue weighted by atomic mass is 10.0. The summed E-state index contributed by atoms with van der Waals surface area (Å²) in [5, 5.41) is 0. The molecule has 96 valence electrons. The minimum atomic E-state index is 0.731. The lowest BCUT2D eigenvalue weighted by Crippen LogP contribution is -2.33. The molecule has 1 aliphatic rings. The van der Waals surface area contributed by atoms with Gasteiger partial charge in [0.1, 0.15) is 5.52 Å². The first kappa shape index (κ1) is 11.5. The van der Waals surface area contributed by atoms with Crippen molar-refractivity contribution in [1.29, 1.82) is 0 Å². The van der Waals surface area contributed by atoms with Crippen molar-refractivity contribution >= 4 is 16.8 Å². The van der Waals surface area contributed by atoms with Gasteiger partial charge in [0.2, 0.25) is 5.89 Å². The molecule has 3 rings (SSSR count). The highest BCUT2D eigenvalue weighted by molar-refractivity contribution is 5.76. The maximum atomic E-state index is 5.75. The van der Waals surface area contributed by atoms with Crippen molar-refractivity contribution in [3.63, 3.8) is 0 Å². The number of piperidine rings is 1. The van der Waals surface area contributed by atoms with Gasteiger partial charge in [-0.1, -0.05) is 6.92 Å². The molecule has 4 nitrogen and oxygen atoms in total. The van der Waals surface area contributed by atoms with Gasteiger partial charge in [-0.15, -0.1) is 0 Å². The molecule has 1 aliphatic heterocycles. The number of nitrogen functional groups attached to an aromatic ring is 1. The maximum absolute atomic E-state index is 5.75. The fourth-order valence-electron chi connectivity index (χ4n) is 2.68. The highest BCUT2D eigenvalue weighted by Gasteiger charge is 2.18. The zero-order chi connectivity index (χ0) is 12.5. The third kappa shape index (κ3) is 2.34. The number of hydrogen-bond acceptors (Lipinski definition) is 4. The van der Waals surface area contributed by atoms with E-state index < -0.39 is 0 Å². The van der Waals surface area contributed by atoms with Gasteiger partial charge in [-0.05, 0) is 43.5 Å². The van der Waals surface area contributed by atoms with Crippen molar-refractivity contribution in [2.75, 3.05) is 18.8 Å². The highest BCUT2D eigenvalue weighted by atomic mass is 16.3. The molecule has 0 aliphatic carbocycles. The lowest BCUT2D eigenvalue weighted by Gasteiger charge is -2.29. The summed E-state index contributed by atoms with van der Waals surface area (Å²) in [6.07, 6.45) is 2.61. The summed E-state index contributed by atoms with van der Waals surface area (Å²) in [7, 11) is 0. The second-order valence-electron chi connectivity index (χ2n) is 5.32. The molecule has 1 fully saturated rings. The predicted octanol–water partition coefficient (Wildman–Crippen LogP) is 2.64. The van der Waals surface area contributed by atoms with Crippen LogP contribution in [0.25, 0.3) is 11.1 Å². The molecule has 0 amide bonds. The topological polar surface area (TPSA) is 55.3 Å². The van der Waals surface area contributed by atoms with Crippen molar-refractivity contribution < 1.29 is 4.42 Å². The molecular formula is C14H19N3O. The Morgan fingerprint density at radius 2 is 2.39 bits per heavy atom. The van der Waals surface area contributed by atoms with Crippen molar-refractivity contribution in [3.05, 3.63) is 24.1 Å². The van der Waals surface area contributed by atoms with E-state index in [-0.39, 0.29) is 0 Å². The molecule has 0 spiro atoms. The average Bonchev–Trinajstić information content (AvgIpc) is 2.70. The molecule has 1 saturated heterocycles. The zero-order valence-corrected chi connectivity index (χ0v) is 10.7. The third-order valence-corrected chi connectivity index (χ3v) is 3.56. The second kappa shape index (κ2) is 4.61. The van der Waals surface area contributed by atoms with Gasteiger partial charge in [0, 0.05) is 12.2 Å². The number of likely N-dealkylation sites (tertiary alicyclic amines) is 1. The van der Waals surface area contributed by atoms with Gasteiger partial charge in [0.25, 0.3) is 0 Å². The van der Waals surface area contributed by atoms with E-state index in [1.54, 1.807) is 0 Å². The fourth-order valence-corrected chi connectivity index (χ4v) is 2.68. The summed E-state index contributed by atoms with van der Waals surface area (Å²) in [5.41, 5.74) is 8.15. The van der Waals surface area contributed by atoms with E-state index in [1.165, 1.54) is 12.8 Å². The van der Waals surface area contributed by atoms with Gasteiger partial charge in [0.05, 0.1) is 6.54 Å². The Morgan fingerprint density at radius 3 is 3.22 bits per heavy atom. The molecular weight excluding hydrogens is 226 g/mol. The van der Waals surface area contributed by atoms with Crippen LogP contribution >= 0.6 is 0 Å². The van der Waals surface area contributed by atoms with E-state index in [9.17, 15) is 0 Å². The smallest absolute Gasteiger partial charge is 0.209 e. The first-order valence-electron chi connectivity index (χ1n) is 6.58. The van der Waals surface area contributed by atoms with Crippen LogP contribution in [0.4, 0.5) is 5.69 Å². The van der Waals surface area contributed by atoms with Gasteiger partial charge in [-0.25, -0.2) is 4.98 Å². The Hall–Kier alpha value is -1.55. The summed E-state index contributed by atoms with van der Waals surface area (Å²) in [4.78, 5) is 6.92. The second-order valence-corrected chi connectivity index (χ2v) is 5.32. The standard InChI is InChI=1S/C14H19N3O/c1-10-3-2-6-17(8-10)9-14-16-12-7-11(15)4-5-13(12)18-14/h4-5,7,10H,2-3,6,8-9,15H2,1H3. The summed E-state index contributed by atoms with van der Waals surface area (Å²) in [5.74, 6) is 1.57. The molecule has 0 radical (unpaired) electrons. The Labute approximate surface area is 107 Å². The van der Waals surface area contributed by atoms with Crippen molar-refractivity contribution in [2.45, 2.75) is 26.3 Å². The van der Waals surface area contributed by atoms with Crippen LogP contribution in [-0.4, -0.2) is 23.0 Å². The summed E-state index contributed by atoms with van der Waals surface area (Å²) in [6.45, 7) is 5.39. The van der Waals surface area contributed by atoms with Crippen molar-refractivity contribution in [2.24, 2.45) is 5.92 Å². The summed E-state index contributed by atoms with van der Waals surface area (Å²) < 4.78 is 5.75. The van der Waals surface area contributed by atoms with Crippen LogP contribution in [0.2, 0.25) is 0 Å². The van der Waals surface area contributed by atoms with Crippen LogP contribution < -0.4 is 5.73 Å². The molecule has 1 atom stereocenters. The Bertz CT molecular complexity index is 549. The molecule has 0 saturated carbocycles. The van der Waals surface area contributed by atoms with Gasteiger partial charge in [0.15, 0.2) is 5.58 Å². The van der Waals surface area contributed by atoms with E-state index in [4.69, 9.17) is 10.2 Å². The van der Waals surface area contributed by atoms with E-state index in [1.807, 2.05) is 18.2 Å². The lowest BCUT2D eigenvalue weighted by molar-refractivity contribution is 0.164. The van der Waals surface area contributed by atoms with E-state index in [2.05, 4.69) is 16.8 Å². The number of rotatable bonds is 2. The average molecular weight is 245 g/mol. The number of nitrogens with two attached hydrogens (primary N) is 1. The molecule has 4 heteroatoms. The van der Waals surface area contributed by atoms with Gasteiger partial charge < -0.3 is 10.2 Å². The van der Waals surface area contributed by atoms with E-state index in [0.29, 0.717) is 0 Å². The summed E-state index contributed by atoms with van der Waals surface area (Å²) in [6, 6.07) is 5.60. The number of fused-ring (bicyclic) bond motifs is 1. The Kier molecular flexibility index (Phi) is 2.96. The SMILES string of the molecule is CC1CCCN(Cc2nc3cc(N)ccc3o2)C1. The number of aromatic nitrogens is 1. The first-order chi connectivity index (χ1) is 8.70. The normalized spacial score (nSPS) is 21.5. The van der Waals surface area contributed by atoms with Crippen LogP contribution in [-0.2, 0) is 6.54 Å². The van der Waals surface area contributed by atoms with Gasteiger partial charge in [-0.3, -0.25) is 4.90 Å². The number of benzene rings is 1. The Balaban J connectivity index is 1.78. The van der Waals surface area contributed by atoms with Crippen LogP contribution in [0.1, 0.15) is 25.7 Å². The predicted molar refractivity (Wildman–Crippen MR) is 72.1 cm³/mol. The van der Waals surface area contributed by atoms with E-state index >= 15 is 0 Å². The molecule has 0 bridgehead atoms. The zero-order valence-electron chi connectivity index (χ0n) is 10.7. The maximum Gasteiger partial charge on any atom is 0.209 e. The highest BCUT2D eigenvalue weighted by Crippen LogP contribution is 2.21. The molecule has 18 heavy (non-hydrogen) atoms. The number of nitrogens with zero attached hydrogens (tertiary/aromatic N) is 2. The first-order valence-corrected chi connectivity index (χ1v) is 6.58. The largest absolute Gasteiger partial charge is 0.439 e. The minimum absolute atomic E-state index is 0.731. The molecule has 1 aromatic carbocycles. The molecule has 2 heterocycles. The van der Waals surface area contributed by atoms with Crippen LogP contribution in [0.5, 0.6) is 0 Å². The molecule has 2 N–H and O–H groups in total. The monoisotopic (exact) mass is 245 g/mol. The van der Waals surface area contributed by atoms with Crippen LogP contribution in [0.15, 0.2) is 22.6 Å². The van der Waals surface area contributed by atoms with Crippen molar-refractivity contribution in [1.82, 2.24) is 9.88 Å².